The molecule has 0 aliphatic carbocycles. The zero-order valence-electron chi connectivity index (χ0n) is 22.4. The van der Waals surface area contributed by atoms with Crippen LogP contribution < -0.4 is 10.6 Å². The van der Waals surface area contributed by atoms with Crippen molar-refractivity contribution in [3.63, 3.8) is 0 Å². The maximum absolute atomic E-state index is 12.0. The van der Waals surface area contributed by atoms with Crippen LogP contribution in [0.4, 0.5) is 9.59 Å². The molecular formula is C20H38N4O6S11. The highest BCUT2D eigenvalue weighted by Crippen LogP contribution is 2.17. The molecule has 0 heterocycles. The molecule has 0 radical (unpaired) electrons. The number of carbonyl (C=O) groups excluding carboxylic acids is 2. The fourth-order valence-corrected chi connectivity index (χ4v) is 11.8. The second kappa shape index (κ2) is 34.5. The van der Waals surface area contributed by atoms with E-state index in [0.29, 0.717) is 51.6 Å². The van der Waals surface area contributed by atoms with Gasteiger partial charge in [0.2, 0.25) is 0 Å². The Kier molecular flexibility index (Phi) is 35.9. The lowest BCUT2D eigenvalue weighted by atomic mass is 10.8. The van der Waals surface area contributed by atoms with E-state index in [0.717, 1.165) is 39.9 Å². The van der Waals surface area contributed by atoms with Crippen molar-refractivity contribution in [2.75, 3.05) is 91.6 Å². The summed E-state index contributed by atoms with van der Waals surface area (Å²) in [5, 5.41) is 26.4. The van der Waals surface area contributed by atoms with E-state index in [1.54, 1.807) is 35.3 Å². The highest BCUT2D eigenvalue weighted by molar-refractivity contribution is 8.27. The van der Waals surface area contributed by atoms with Crippen LogP contribution >= 0.6 is 106 Å². The van der Waals surface area contributed by atoms with E-state index in [1.807, 2.05) is 0 Å². The first-order valence-electron chi connectivity index (χ1n) is 11.8. The summed E-state index contributed by atoms with van der Waals surface area (Å²) in [6, 6.07) is 0. The molecule has 0 saturated carbocycles. The molecule has 240 valence electrons. The first-order chi connectivity index (χ1) is 20.0. The van der Waals surface area contributed by atoms with Crippen LogP contribution in [-0.2, 0) is 21.6 Å². The number of nitrogens with zero attached hydrogens (tertiary/aromatic N) is 2. The third-order valence-corrected chi connectivity index (χ3v) is 15.6. The average molecular weight is 783 g/mol. The van der Waals surface area contributed by atoms with Gasteiger partial charge < -0.3 is 20.8 Å². The van der Waals surface area contributed by atoms with Gasteiger partial charge in [-0.3, -0.25) is 28.0 Å². The van der Waals surface area contributed by atoms with Crippen LogP contribution in [0.25, 0.3) is 0 Å². The molecule has 0 spiro atoms. The van der Waals surface area contributed by atoms with Gasteiger partial charge in [0.25, 0.3) is 10.5 Å². The molecule has 0 rings (SSSR count). The smallest absolute Gasteiger partial charge is 0.279 e. The second-order valence-electron chi connectivity index (χ2n) is 6.71. The van der Waals surface area contributed by atoms with Crippen molar-refractivity contribution < 1.29 is 28.2 Å². The molecule has 2 amide bonds. The van der Waals surface area contributed by atoms with Gasteiger partial charge in [-0.2, -0.15) is 23.5 Å². The summed E-state index contributed by atoms with van der Waals surface area (Å²) in [6.45, 7) is 2.30. The highest BCUT2D eigenvalue weighted by Gasteiger charge is 2.04. The Morgan fingerprint density at radius 3 is 1.54 bits per heavy atom. The van der Waals surface area contributed by atoms with Crippen LogP contribution in [0, 0.1) is 0 Å². The number of thioether (sulfide) groups is 9. The van der Waals surface area contributed by atoms with Crippen molar-refractivity contribution in [2.24, 2.45) is 9.98 Å². The van der Waals surface area contributed by atoms with Gasteiger partial charge in [-0.15, -0.1) is 58.8 Å². The Morgan fingerprint density at radius 1 is 0.610 bits per heavy atom. The third-order valence-electron chi connectivity index (χ3n) is 3.61. The van der Waals surface area contributed by atoms with Crippen LogP contribution in [0.1, 0.15) is 0 Å². The van der Waals surface area contributed by atoms with Gasteiger partial charge in [0.05, 0.1) is 54.7 Å². The van der Waals surface area contributed by atoms with Crippen molar-refractivity contribution in [1.82, 2.24) is 10.6 Å². The minimum Gasteiger partial charge on any atom is -0.386 e. The predicted octanol–water partition coefficient (Wildman–Crippen LogP) is 4.20. The quantitative estimate of drug-likeness (QED) is 0.0387. The van der Waals surface area contributed by atoms with Gasteiger partial charge in [0.15, 0.2) is 0 Å². The normalized spacial score (nSPS) is 13.1. The van der Waals surface area contributed by atoms with Gasteiger partial charge in [-0.25, -0.2) is 0 Å². The molecule has 2 unspecified atom stereocenters. The molecule has 41 heavy (non-hydrogen) atoms. The van der Waals surface area contributed by atoms with E-state index in [-0.39, 0.29) is 22.4 Å². The monoisotopic (exact) mass is 782 g/mol. The van der Waals surface area contributed by atoms with Crippen LogP contribution in [0.5, 0.6) is 0 Å². The summed E-state index contributed by atoms with van der Waals surface area (Å²) < 4.78 is 23.7. The second-order valence-corrected chi connectivity index (χ2v) is 20.6. The van der Waals surface area contributed by atoms with E-state index in [2.05, 4.69) is 20.6 Å². The predicted molar refractivity (Wildman–Crippen MR) is 201 cm³/mol. The number of aliphatic imine (C=N–C) groups is 2. The van der Waals surface area contributed by atoms with E-state index in [9.17, 15) is 18.0 Å². The van der Waals surface area contributed by atoms with Crippen molar-refractivity contribution >= 4 is 149 Å². The molecule has 21 heteroatoms. The molecular weight excluding hydrogens is 745 g/mol. The average Bonchev–Trinajstić information content (AvgIpc) is 2.96. The minimum absolute atomic E-state index is 0.0432. The number of nitrogens with one attached hydrogen (secondary N) is 2. The molecule has 0 aliphatic heterocycles. The molecule has 10 nitrogen and oxygen atoms in total. The van der Waals surface area contributed by atoms with Crippen LogP contribution in [-0.4, -0.2) is 132 Å². The Morgan fingerprint density at radius 2 is 1.05 bits per heavy atom. The lowest BCUT2D eigenvalue weighted by molar-refractivity contribution is 0.260. The summed E-state index contributed by atoms with van der Waals surface area (Å²) in [7, 11) is -2.27. The summed E-state index contributed by atoms with van der Waals surface area (Å²) >= 11 is 13.1. The Hall–Kier alpha value is 1.65. The fourth-order valence-electron chi connectivity index (χ4n) is 1.97. The van der Waals surface area contributed by atoms with E-state index >= 15 is 0 Å². The molecule has 0 bridgehead atoms. The number of aliphatic hydroxyl groups is 2. The van der Waals surface area contributed by atoms with E-state index in [1.165, 1.54) is 69.9 Å². The third kappa shape index (κ3) is 34.4. The Bertz CT molecular complexity index is 771. The first kappa shape index (κ1) is 42.6. The minimum atomic E-state index is -1.18. The zero-order chi connectivity index (χ0) is 30.2. The number of carbonyl (C=O) groups is 2. The molecule has 2 atom stereocenters. The van der Waals surface area contributed by atoms with Crippen molar-refractivity contribution in [3.05, 3.63) is 0 Å². The summed E-state index contributed by atoms with van der Waals surface area (Å²) in [6.07, 6.45) is 0. The van der Waals surface area contributed by atoms with E-state index < -0.39 is 21.6 Å². The number of rotatable bonds is 28. The van der Waals surface area contributed by atoms with Gasteiger partial charge >= 0.3 is 0 Å². The maximum Gasteiger partial charge on any atom is 0.279 e. The van der Waals surface area contributed by atoms with Crippen LogP contribution in [0.15, 0.2) is 9.98 Å². The molecule has 0 saturated heterocycles. The molecule has 0 aromatic heterocycles. The summed E-state index contributed by atoms with van der Waals surface area (Å²) in [4.78, 5) is 31.9. The maximum atomic E-state index is 12.0. The summed E-state index contributed by atoms with van der Waals surface area (Å²) in [5.41, 5.74) is 2.93. The van der Waals surface area contributed by atoms with Gasteiger partial charge in [-0.05, 0) is 0 Å². The van der Waals surface area contributed by atoms with Crippen molar-refractivity contribution in [2.45, 2.75) is 0 Å². The van der Waals surface area contributed by atoms with Crippen molar-refractivity contribution in [1.29, 1.82) is 0 Å². The largest absolute Gasteiger partial charge is 0.386 e. The number of amides is 2. The molecule has 0 aromatic carbocycles. The van der Waals surface area contributed by atoms with Crippen LogP contribution in [0.3, 0.4) is 0 Å². The Balaban J connectivity index is 3.52. The molecule has 4 N–H and O–H groups in total. The van der Waals surface area contributed by atoms with Gasteiger partial charge in [0, 0.05) is 69.5 Å². The number of aliphatic hydroxyl groups excluding tert-OH is 2. The SMILES string of the molecule is O=C(NCCSCCN=CS(=O)CSCSC(=O)NCCSCCN=CS(=O)CSCSCO)SCSCSCO. The lowest BCUT2D eigenvalue weighted by Gasteiger charge is -2.04. The van der Waals surface area contributed by atoms with Crippen LogP contribution in [0.2, 0.25) is 0 Å². The number of hydrogen-bond donors (Lipinski definition) is 4. The first-order valence-corrected chi connectivity index (χ1v) is 24.6. The standard InChI is InChI=1S/C20H38N4O6S11/c25-11-33-13-35-15-38-19(27)23-3-7-31-6-2-22-10-41(30)18-37-16-39-20(28)24-4-8-32-5-1-21-9-40(29)17-36-14-34-12-26/h9-10,25-26H,1-8,11-18H2,(H,23,27)(H,24,28). The van der Waals surface area contributed by atoms with Crippen molar-refractivity contribution in [3.8, 4) is 0 Å². The Labute approximate surface area is 286 Å². The molecule has 0 fully saturated rings. The zero-order valence-corrected chi connectivity index (χ0v) is 31.4. The van der Waals surface area contributed by atoms with E-state index in [4.69, 9.17) is 10.2 Å². The fraction of sp³-hybridized carbons (Fsp3) is 0.800. The van der Waals surface area contributed by atoms with Gasteiger partial charge in [0.1, 0.15) is 0 Å². The number of hydrogen-bond acceptors (Lipinski definition) is 17. The topological polar surface area (TPSA) is 158 Å². The molecule has 0 aliphatic rings. The summed E-state index contributed by atoms with van der Waals surface area (Å²) in [5.74, 6) is 3.30. The molecule has 0 aromatic rings. The highest BCUT2D eigenvalue weighted by atomic mass is 32.3. The van der Waals surface area contributed by atoms with Gasteiger partial charge in [-0.1, -0.05) is 23.5 Å². The lowest BCUT2D eigenvalue weighted by Crippen LogP contribution is -2.21.